The van der Waals surface area contributed by atoms with E-state index in [-0.39, 0.29) is 19.3 Å². The number of esters is 2. The van der Waals surface area contributed by atoms with Crippen LogP contribution in [0.2, 0.25) is 0 Å². The number of hydrogen-bond donors (Lipinski definition) is 3. The van der Waals surface area contributed by atoms with E-state index in [1.807, 2.05) is 60.7 Å². The molecule has 0 aromatic heterocycles. The largest absolute Gasteiger partial charge is 0.481 e. The minimum atomic E-state index is -1.03. The fourth-order valence-electron chi connectivity index (χ4n) is 3.49. The van der Waals surface area contributed by atoms with E-state index in [2.05, 4.69) is 10.6 Å². The van der Waals surface area contributed by atoms with Gasteiger partial charge in [-0.2, -0.15) is 0 Å². The number of nitrogens with one attached hydrogen (secondary N) is 2. The number of ether oxygens (including phenoxy) is 2. The molecule has 3 atom stereocenters. The molecule has 0 saturated heterocycles. The minimum absolute atomic E-state index is 0.218. The maximum Gasteiger partial charge on any atom is 0.326 e. The summed E-state index contributed by atoms with van der Waals surface area (Å²) in [6.45, 7) is 6.12. The van der Waals surface area contributed by atoms with Crippen molar-refractivity contribution in [3.8, 4) is 0 Å². The fourth-order valence-corrected chi connectivity index (χ4v) is 3.49. The first kappa shape index (κ1) is 29.5. The number of amides is 1. The fraction of sp³-hybridized carbons (Fsp3) is 0.429. The van der Waals surface area contributed by atoms with Crippen LogP contribution in [0.4, 0.5) is 0 Å². The second-order valence-electron chi connectivity index (χ2n) is 9.92. The van der Waals surface area contributed by atoms with Gasteiger partial charge in [0, 0.05) is 6.04 Å². The van der Waals surface area contributed by atoms with Gasteiger partial charge in [-0.3, -0.25) is 24.5 Å². The molecule has 200 valence electrons. The Morgan fingerprint density at radius 1 is 0.838 bits per heavy atom. The SMILES string of the molecule is CC(CC(=O)O)NC(=O)[C@H](Cc1ccccc1)NC(Cc1ccccc1)C(=O)OCOC(=O)C(C)(C)C. The predicted octanol–water partition coefficient (Wildman–Crippen LogP) is 2.87. The molecular weight excluding hydrogens is 476 g/mol. The minimum Gasteiger partial charge on any atom is -0.481 e. The summed E-state index contributed by atoms with van der Waals surface area (Å²) in [5, 5.41) is 14.9. The Bertz CT molecular complexity index is 1040. The van der Waals surface area contributed by atoms with Crippen LogP contribution in [0.15, 0.2) is 60.7 Å². The predicted molar refractivity (Wildman–Crippen MR) is 137 cm³/mol. The molecule has 0 aliphatic carbocycles. The zero-order valence-corrected chi connectivity index (χ0v) is 21.7. The van der Waals surface area contributed by atoms with E-state index in [1.165, 1.54) is 0 Å². The standard InChI is InChI=1S/C28H36N2O7/c1-19(15-24(31)32)29-25(33)22(16-20-11-7-5-8-12-20)30-23(17-21-13-9-6-10-14-21)26(34)36-18-37-27(35)28(2,3)4/h5-14,19,22-23,30H,15-18H2,1-4H3,(H,29,33)(H,31,32)/t19?,22-,23?/m0/s1. The molecule has 2 aromatic carbocycles. The van der Waals surface area contributed by atoms with Crippen molar-refractivity contribution in [2.24, 2.45) is 5.41 Å². The summed E-state index contributed by atoms with van der Waals surface area (Å²) in [6.07, 6.45) is 0.235. The topological polar surface area (TPSA) is 131 Å². The quantitative estimate of drug-likeness (QED) is 0.276. The van der Waals surface area contributed by atoms with E-state index in [0.717, 1.165) is 11.1 Å². The Hall–Kier alpha value is -3.72. The van der Waals surface area contributed by atoms with E-state index in [4.69, 9.17) is 14.6 Å². The van der Waals surface area contributed by atoms with Gasteiger partial charge >= 0.3 is 17.9 Å². The molecule has 0 saturated carbocycles. The summed E-state index contributed by atoms with van der Waals surface area (Å²) in [7, 11) is 0. The van der Waals surface area contributed by atoms with Crippen LogP contribution in [-0.2, 0) is 41.5 Å². The molecule has 0 heterocycles. The highest BCUT2D eigenvalue weighted by Crippen LogP contribution is 2.15. The molecule has 0 radical (unpaired) electrons. The molecule has 3 N–H and O–H groups in total. The molecule has 1 amide bonds. The first-order chi connectivity index (χ1) is 17.5. The Morgan fingerprint density at radius 3 is 1.84 bits per heavy atom. The summed E-state index contributed by atoms with van der Waals surface area (Å²) in [6, 6.07) is 16.1. The Balaban J connectivity index is 2.22. The van der Waals surface area contributed by atoms with E-state index < -0.39 is 54.1 Å². The third kappa shape index (κ3) is 10.8. The molecular formula is C28H36N2O7. The van der Waals surface area contributed by atoms with Crippen molar-refractivity contribution in [1.29, 1.82) is 0 Å². The summed E-state index contributed by atoms with van der Waals surface area (Å²) in [4.78, 5) is 49.3. The van der Waals surface area contributed by atoms with Gasteiger partial charge in [0.1, 0.15) is 6.04 Å². The van der Waals surface area contributed by atoms with Gasteiger partial charge < -0.3 is 19.9 Å². The maximum absolute atomic E-state index is 13.2. The maximum atomic E-state index is 13.2. The highest BCUT2D eigenvalue weighted by molar-refractivity contribution is 5.84. The highest BCUT2D eigenvalue weighted by atomic mass is 16.7. The number of carbonyl (C=O) groups excluding carboxylic acids is 3. The van der Waals surface area contributed by atoms with Gasteiger partial charge in [0.2, 0.25) is 12.7 Å². The average Bonchev–Trinajstić information content (AvgIpc) is 2.83. The van der Waals surface area contributed by atoms with Gasteiger partial charge in [-0.05, 0) is 51.7 Å². The molecule has 0 aliphatic heterocycles. The monoisotopic (exact) mass is 512 g/mol. The van der Waals surface area contributed by atoms with Crippen LogP contribution in [0.1, 0.15) is 45.2 Å². The number of aliphatic carboxylic acids is 1. The van der Waals surface area contributed by atoms with Crippen LogP contribution in [-0.4, -0.2) is 53.8 Å². The van der Waals surface area contributed by atoms with Crippen molar-refractivity contribution in [3.05, 3.63) is 71.8 Å². The molecule has 9 heteroatoms. The van der Waals surface area contributed by atoms with Crippen molar-refractivity contribution in [2.45, 2.75) is 65.1 Å². The number of hydrogen-bond acceptors (Lipinski definition) is 7. The lowest BCUT2D eigenvalue weighted by Gasteiger charge is -2.26. The van der Waals surface area contributed by atoms with Gasteiger partial charge in [0.15, 0.2) is 0 Å². The number of benzene rings is 2. The second-order valence-corrected chi connectivity index (χ2v) is 9.92. The first-order valence-corrected chi connectivity index (χ1v) is 12.2. The molecule has 2 aromatic rings. The van der Waals surface area contributed by atoms with Crippen molar-refractivity contribution in [1.82, 2.24) is 10.6 Å². The van der Waals surface area contributed by atoms with E-state index in [1.54, 1.807) is 27.7 Å². The highest BCUT2D eigenvalue weighted by Gasteiger charge is 2.30. The summed E-state index contributed by atoms with van der Waals surface area (Å²) < 4.78 is 10.3. The number of carbonyl (C=O) groups is 4. The number of carboxylic acid groups (broad SMARTS) is 1. The molecule has 9 nitrogen and oxygen atoms in total. The molecule has 0 spiro atoms. The number of rotatable bonds is 13. The lowest BCUT2D eigenvalue weighted by molar-refractivity contribution is -0.174. The van der Waals surface area contributed by atoms with E-state index in [0.29, 0.717) is 0 Å². The molecule has 37 heavy (non-hydrogen) atoms. The first-order valence-electron chi connectivity index (χ1n) is 12.2. The van der Waals surface area contributed by atoms with Crippen LogP contribution in [0.5, 0.6) is 0 Å². The van der Waals surface area contributed by atoms with E-state index >= 15 is 0 Å². The van der Waals surface area contributed by atoms with Crippen LogP contribution in [0, 0.1) is 5.41 Å². The Kier molecular flexibility index (Phi) is 11.3. The molecule has 0 aliphatic rings. The van der Waals surface area contributed by atoms with Crippen LogP contribution in [0.3, 0.4) is 0 Å². The lowest BCUT2D eigenvalue weighted by Crippen LogP contribution is -2.54. The summed E-state index contributed by atoms with van der Waals surface area (Å²) in [5.74, 6) is -2.67. The molecule has 0 bridgehead atoms. The molecule has 2 rings (SSSR count). The zero-order chi connectivity index (χ0) is 27.4. The van der Waals surface area contributed by atoms with Crippen molar-refractivity contribution in [3.63, 3.8) is 0 Å². The van der Waals surface area contributed by atoms with Crippen molar-refractivity contribution >= 4 is 23.8 Å². The van der Waals surface area contributed by atoms with Crippen LogP contribution in [0.25, 0.3) is 0 Å². The van der Waals surface area contributed by atoms with Gasteiger partial charge in [-0.25, -0.2) is 0 Å². The van der Waals surface area contributed by atoms with Crippen LogP contribution >= 0.6 is 0 Å². The third-order valence-electron chi connectivity index (χ3n) is 5.44. The molecule has 0 fully saturated rings. The number of carboxylic acids is 1. The average molecular weight is 513 g/mol. The summed E-state index contributed by atoms with van der Waals surface area (Å²) in [5.41, 5.74) is 0.938. The normalized spacial score (nSPS) is 13.6. The van der Waals surface area contributed by atoms with Gasteiger partial charge in [-0.1, -0.05) is 60.7 Å². The Morgan fingerprint density at radius 2 is 1.35 bits per heavy atom. The lowest BCUT2D eigenvalue weighted by atomic mass is 9.98. The third-order valence-corrected chi connectivity index (χ3v) is 5.44. The summed E-state index contributed by atoms with van der Waals surface area (Å²) >= 11 is 0. The van der Waals surface area contributed by atoms with Crippen molar-refractivity contribution < 1.29 is 33.8 Å². The van der Waals surface area contributed by atoms with E-state index in [9.17, 15) is 19.2 Å². The second kappa shape index (κ2) is 14.1. The van der Waals surface area contributed by atoms with Crippen molar-refractivity contribution in [2.75, 3.05) is 6.79 Å². The van der Waals surface area contributed by atoms with Gasteiger partial charge in [0.05, 0.1) is 17.9 Å². The Labute approximate surface area is 217 Å². The van der Waals surface area contributed by atoms with Crippen LogP contribution < -0.4 is 10.6 Å². The smallest absolute Gasteiger partial charge is 0.326 e. The van der Waals surface area contributed by atoms with Gasteiger partial charge in [-0.15, -0.1) is 0 Å². The molecule has 2 unspecified atom stereocenters. The van der Waals surface area contributed by atoms with Gasteiger partial charge in [0.25, 0.3) is 0 Å². The zero-order valence-electron chi connectivity index (χ0n) is 21.7.